The number of nitrogens with zero attached hydrogens (tertiary/aromatic N) is 1. The Balaban J connectivity index is 1.48. The van der Waals surface area contributed by atoms with Crippen molar-refractivity contribution in [2.75, 3.05) is 5.32 Å². The smallest absolute Gasteiger partial charge is 0.227 e. The first-order chi connectivity index (χ1) is 13.8. The van der Waals surface area contributed by atoms with Gasteiger partial charge in [0.1, 0.15) is 0 Å². The molecule has 1 heterocycles. The number of amides is 1. The van der Waals surface area contributed by atoms with Gasteiger partial charge in [-0.2, -0.15) is 0 Å². The van der Waals surface area contributed by atoms with Gasteiger partial charge in [0.2, 0.25) is 15.9 Å². The van der Waals surface area contributed by atoms with E-state index in [0.717, 1.165) is 12.1 Å². The predicted octanol–water partition coefficient (Wildman–Crippen LogP) is 3.50. The third kappa shape index (κ3) is 6.11. The van der Waals surface area contributed by atoms with Crippen molar-refractivity contribution in [2.45, 2.75) is 57.2 Å². The van der Waals surface area contributed by atoms with E-state index in [-0.39, 0.29) is 17.9 Å². The molecule has 1 aliphatic rings. The van der Waals surface area contributed by atoms with Crippen LogP contribution in [0.1, 0.15) is 50.7 Å². The lowest BCUT2D eigenvalue weighted by molar-refractivity contribution is -0.120. The van der Waals surface area contributed by atoms with Gasteiger partial charge >= 0.3 is 0 Å². The van der Waals surface area contributed by atoms with Gasteiger partial charge in [-0.25, -0.2) is 13.1 Å². The Labute approximate surface area is 173 Å². The average Bonchev–Trinajstić information content (AvgIpc) is 2.70. The maximum absolute atomic E-state index is 12.6. The SMILES string of the molecule is CC(C)S(=O)(=O)NC1CCC(C(=O)Nc2ccc(Cc3ccncc3)cc2)CC1. The molecular formula is C22H29N3O3S. The van der Waals surface area contributed by atoms with Crippen molar-refractivity contribution >= 4 is 21.6 Å². The third-order valence-electron chi connectivity index (χ3n) is 5.43. The molecule has 1 amide bonds. The molecule has 0 unspecified atom stereocenters. The molecule has 6 nitrogen and oxygen atoms in total. The van der Waals surface area contributed by atoms with Gasteiger partial charge in [0.05, 0.1) is 5.25 Å². The average molecular weight is 416 g/mol. The zero-order valence-corrected chi connectivity index (χ0v) is 17.8. The molecule has 29 heavy (non-hydrogen) atoms. The summed E-state index contributed by atoms with van der Waals surface area (Å²) in [6, 6.07) is 11.8. The second-order valence-corrected chi connectivity index (χ2v) is 10.2. The molecule has 1 aromatic carbocycles. The molecule has 2 aromatic rings. The zero-order chi connectivity index (χ0) is 20.9. The van der Waals surface area contributed by atoms with E-state index in [2.05, 4.69) is 15.0 Å². The minimum atomic E-state index is -3.26. The zero-order valence-electron chi connectivity index (χ0n) is 17.0. The number of carbonyl (C=O) groups is 1. The van der Waals surface area contributed by atoms with E-state index in [1.165, 1.54) is 11.1 Å². The molecular weight excluding hydrogens is 386 g/mol. The molecule has 156 valence electrons. The van der Waals surface area contributed by atoms with Crippen molar-refractivity contribution in [2.24, 2.45) is 5.92 Å². The number of anilines is 1. The summed E-state index contributed by atoms with van der Waals surface area (Å²) in [5.41, 5.74) is 3.16. The molecule has 2 N–H and O–H groups in total. The second-order valence-electron chi connectivity index (χ2n) is 7.98. The molecule has 0 atom stereocenters. The Morgan fingerprint density at radius 3 is 2.17 bits per heavy atom. The van der Waals surface area contributed by atoms with E-state index in [0.29, 0.717) is 25.7 Å². The van der Waals surface area contributed by atoms with Gasteiger partial charge in [0.15, 0.2) is 0 Å². The van der Waals surface area contributed by atoms with Gasteiger partial charge in [-0.05, 0) is 81.3 Å². The summed E-state index contributed by atoms with van der Waals surface area (Å²) < 4.78 is 26.8. The summed E-state index contributed by atoms with van der Waals surface area (Å²) in [5.74, 6) is -0.0663. The van der Waals surface area contributed by atoms with E-state index in [1.54, 1.807) is 26.2 Å². The summed E-state index contributed by atoms with van der Waals surface area (Å²) in [4.78, 5) is 16.6. The highest BCUT2D eigenvalue weighted by Crippen LogP contribution is 2.26. The highest BCUT2D eigenvalue weighted by Gasteiger charge is 2.29. The molecule has 0 aliphatic heterocycles. The van der Waals surface area contributed by atoms with Crippen LogP contribution in [0.4, 0.5) is 5.69 Å². The van der Waals surface area contributed by atoms with Crippen molar-refractivity contribution < 1.29 is 13.2 Å². The highest BCUT2D eigenvalue weighted by molar-refractivity contribution is 7.90. The Bertz CT molecular complexity index is 904. The lowest BCUT2D eigenvalue weighted by Crippen LogP contribution is -2.42. The van der Waals surface area contributed by atoms with Crippen LogP contribution in [-0.2, 0) is 21.2 Å². The molecule has 0 spiro atoms. The van der Waals surface area contributed by atoms with Gasteiger partial charge in [0, 0.05) is 30.0 Å². The summed E-state index contributed by atoms with van der Waals surface area (Å²) in [6.07, 6.45) is 7.16. The normalized spacial score (nSPS) is 19.8. The second kappa shape index (κ2) is 9.50. The molecule has 1 aromatic heterocycles. The van der Waals surface area contributed by atoms with Crippen molar-refractivity contribution in [1.29, 1.82) is 0 Å². The van der Waals surface area contributed by atoms with Crippen molar-refractivity contribution in [3.8, 4) is 0 Å². The van der Waals surface area contributed by atoms with Crippen LogP contribution in [0.5, 0.6) is 0 Å². The summed E-state index contributed by atoms with van der Waals surface area (Å²) in [7, 11) is -3.26. The van der Waals surface area contributed by atoms with Gasteiger partial charge in [-0.3, -0.25) is 9.78 Å². The van der Waals surface area contributed by atoms with E-state index in [1.807, 2.05) is 36.4 Å². The molecule has 0 bridgehead atoms. The number of carbonyl (C=O) groups excluding carboxylic acids is 1. The number of aromatic nitrogens is 1. The first-order valence-electron chi connectivity index (χ1n) is 10.1. The van der Waals surface area contributed by atoms with Gasteiger partial charge in [-0.15, -0.1) is 0 Å². The molecule has 1 fully saturated rings. The summed E-state index contributed by atoms with van der Waals surface area (Å²) in [5, 5.41) is 2.56. The quantitative estimate of drug-likeness (QED) is 0.724. The lowest BCUT2D eigenvalue weighted by Gasteiger charge is -2.28. The highest BCUT2D eigenvalue weighted by atomic mass is 32.2. The topological polar surface area (TPSA) is 88.2 Å². The standard InChI is InChI=1S/C22H29N3O3S/c1-16(2)29(27,28)25-21-9-5-19(6-10-21)22(26)24-20-7-3-17(4-8-20)15-18-11-13-23-14-12-18/h3-4,7-8,11-14,16,19,21,25H,5-6,9-10,15H2,1-2H3,(H,24,26). The van der Waals surface area contributed by atoms with Crippen molar-refractivity contribution in [3.63, 3.8) is 0 Å². The maximum atomic E-state index is 12.6. The Morgan fingerprint density at radius 2 is 1.59 bits per heavy atom. The molecule has 3 rings (SSSR count). The monoisotopic (exact) mass is 415 g/mol. The minimum absolute atomic E-state index is 0.0112. The molecule has 7 heteroatoms. The fourth-order valence-corrected chi connectivity index (χ4v) is 4.50. The minimum Gasteiger partial charge on any atom is -0.326 e. The number of pyridine rings is 1. The number of nitrogens with one attached hydrogen (secondary N) is 2. The summed E-state index contributed by atoms with van der Waals surface area (Å²) >= 11 is 0. The summed E-state index contributed by atoms with van der Waals surface area (Å²) in [6.45, 7) is 3.34. The van der Waals surface area contributed by atoms with Gasteiger partial charge in [-0.1, -0.05) is 12.1 Å². The Kier molecular flexibility index (Phi) is 7.03. The van der Waals surface area contributed by atoms with Gasteiger partial charge < -0.3 is 5.32 Å². The van der Waals surface area contributed by atoms with E-state index >= 15 is 0 Å². The van der Waals surface area contributed by atoms with Crippen LogP contribution in [0, 0.1) is 5.92 Å². The number of hydrogen-bond acceptors (Lipinski definition) is 4. The first-order valence-corrected chi connectivity index (χ1v) is 11.7. The third-order valence-corrected chi connectivity index (χ3v) is 7.33. The number of rotatable bonds is 7. The molecule has 0 saturated heterocycles. The van der Waals surface area contributed by atoms with Crippen LogP contribution in [-0.4, -0.2) is 30.6 Å². The fourth-order valence-electron chi connectivity index (χ4n) is 3.53. The van der Waals surface area contributed by atoms with E-state index < -0.39 is 15.3 Å². The lowest BCUT2D eigenvalue weighted by atomic mass is 9.86. The van der Waals surface area contributed by atoms with E-state index in [9.17, 15) is 13.2 Å². The fraction of sp³-hybridized carbons (Fsp3) is 0.455. The predicted molar refractivity (Wildman–Crippen MR) is 115 cm³/mol. The Morgan fingerprint density at radius 1 is 1.00 bits per heavy atom. The largest absolute Gasteiger partial charge is 0.326 e. The van der Waals surface area contributed by atoms with E-state index in [4.69, 9.17) is 0 Å². The van der Waals surface area contributed by atoms with Crippen LogP contribution in [0.2, 0.25) is 0 Å². The van der Waals surface area contributed by atoms with Crippen molar-refractivity contribution in [3.05, 3.63) is 59.9 Å². The molecule has 1 saturated carbocycles. The molecule has 0 radical (unpaired) electrons. The number of benzene rings is 1. The molecule has 1 aliphatic carbocycles. The van der Waals surface area contributed by atoms with Crippen molar-refractivity contribution in [1.82, 2.24) is 9.71 Å². The number of sulfonamides is 1. The van der Waals surface area contributed by atoms with Gasteiger partial charge in [0.25, 0.3) is 0 Å². The van der Waals surface area contributed by atoms with Crippen LogP contribution in [0.3, 0.4) is 0 Å². The van der Waals surface area contributed by atoms with Crippen LogP contribution < -0.4 is 10.0 Å². The number of hydrogen-bond donors (Lipinski definition) is 2. The van der Waals surface area contributed by atoms with Crippen LogP contribution >= 0.6 is 0 Å². The first kappa shape index (κ1) is 21.5. The van der Waals surface area contributed by atoms with Crippen LogP contribution in [0.15, 0.2) is 48.8 Å². The van der Waals surface area contributed by atoms with Crippen LogP contribution in [0.25, 0.3) is 0 Å². The maximum Gasteiger partial charge on any atom is 0.227 e. The Hall–Kier alpha value is -2.25.